The van der Waals surface area contributed by atoms with Gasteiger partial charge in [0.2, 0.25) is 11.8 Å². The van der Waals surface area contributed by atoms with E-state index in [0.717, 1.165) is 36.7 Å². The maximum Gasteiger partial charge on any atom is 0.246 e. The highest BCUT2D eigenvalue weighted by Gasteiger charge is 2.16. The van der Waals surface area contributed by atoms with Crippen LogP contribution in [0.15, 0.2) is 18.3 Å². The minimum Gasteiger partial charge on any atom is -0.378 e. The molecule has 0 saturated carbocycles. The molecule has 32 heavy (non-hydrogen) atoms. The molecule has 1 saturated heterocycles. The lowest BCUT2D eigenvalue weighted by molar-refractivity contribution is -0.131. The Morgan fingerprint density at radius 3 is 2.75 bits per heavy atom. The van der Waals surface area contributed by atoms with Crippen molar-refractivity contribution in [3.63, 3.8) is 0 Å². The van der Waals surface area contributed by atoms with Gasteiger partial charge in [-0.2, -0.15) is 0 Å². The van der Waals surface area contributed by atoms with Crippen molar-refractivity contribution in [3.05, 3.63) is 29.7 Å². The van der Waals surface area contributed by atoms with Crippen LogP contribution in [0, 0.1) is 18.8 Å². The first-order valence-corrected chi connectivity index (χ1v) is 10.8. The number of carbonyl (C=O) groups excluding carboxylic acids is 2. The van der Waals surface area contributed by atoms with E-state index in [9.17, 15) is 9.59 Å². The third kappa shape index (κ3) is 9.04. The van der Waals surface area contributed by atoms with Gasteiger partial charge in [-0.1, -0.05) is 17.9 Å². The second-order valence-electron chi connectivity index (χ2n) is 7.87. The Morgan fingerprint density at radius 2 is 2.03 bits per heavy atom. The van der Waals surface area contributed by atoms with Gasteiger partial charge in [0.15, 0.2) is 0 Å². The number of hydrogen-bond donors (Lipinski definition) is 1. The number of likely N-dealkylation sites (N-methyl/N-ethyl adjacent to an activating group) is 2. The third-order valence-corrected chi connectivity index (χ3v) is 4.71. The van der Waals surface area contributed by atoms with Gasteiger partial charge >= 0.3 is 0 Å². The van der Waals surface area contributed by atoms with Crippen LogP contribution in [-0.4, -0.2) is 98.7 Å². The zero-order valence-electron chi connectivity index (χ0n) is 19.6. The molecular formula is C23H34N6O3. The number of unbranched alkanes of at least 4 members (excludes halogenated alkanes) is 1. The Hall–Kier alpha value is -2.96. The number of amides is 2. The maximum absolute atomic E-state index is 12.0. The molecule has 1 aromatic heterocycles. The van der Waals surface area contributed by atoms with Crippen LogP contribution in [0.3, 0.4) is 0 Å². The van der Waals surface area contributed by atoms with Gasteiger partial charge in [-0.3, -0.25) is 9.59 Å². The van der Waals surface area contributed by atoms with Crippen LogP contribution in [0.5, 0.6) is 0 Å². The number of rotatable bonds is 9. The average Bonchev–Trinajstić information content (AvgIpc) is 2.77. The fourth-order valence-corrected chi connectivity index (χ4v) is 2.97. The Morgan fingerprint density at radius 1 is 1.28 bits per heavy atom. The summed E-state index contributed by atoms with van der Waals surface area (Å²) < 4.78 is 5.42. The molecule has 174 valence electrons. The smallest absolute Gasteiger partial charge is 0.246 e. The van der Waals surface area contributed by atoms with E-state index in [1.54, 1.807) is 19.3 Å². The molecule has 2 rings (SSSR count). The molecular weight excluding hydrogens is 408 g/mol. The third-order valence-electron chi connectivity index (χ3n) is 4.71. The molecule has 1 fully saturated rings. The SMILES string of the molecule is Cc1ncc(C#CCCCNC(=O)CN(C)C(=O)/C=C/CN(C)C)c(N2CCOCC2)n1. The summed E-state index contributed by atoms with van der Waals surface area (Å²) in [6.45, 7) is 6.03. The zero-order chi connectivity index (χ0) is 23.3. The summed E-state index contributed by atoms with van der Waals surface area (Å²) in [7, 11) is 5.46. The molecule has 0 atom stereocenters. The number of carbonyl (C=O) groups is 2. The van der Waals surface area contributed by atoms with Crippen molar-refractivity contribution in [1.82, 2.24) is 25.1 Å². The van der Waals surface area contributed by atoms with Crippen LogP contribution in [0.1, 0.15) is 24.2 Å². The molecule has 0 aliphatic carbocycles. The monoisotopic (exact) mass is 442 g/mol. The first-order chi connectivity index (χ1) is 15.4. The van der Waals surface area contributed by atoms with E-state index >= 15 is 0 Å². The van der Waals surface area contributed by atoms with E-state index in [2.05, 4.69) is 32.0 Å². The van der Waals surface area contributed by atoms with E-state index in [-0.39, 0.29) is 18.4 Å². The number of aromatic nitrogens is 2. The van der Waals surface area contributed by atoms with Crippen LogP contribution in [0.25, 0.3) is 0 Å². The molecule has 9 nitrogen and oxygen atoms in total. The summed E-state index contributed by atoms with van der Waals surface area (Å²) in [5.41, 5.74) is 0.809. The standard InChI is InChI=1S/C23H34N6O3/c1-19-25-17-20(23(26-19)29-13-15-32-16-14-29)9-6-5-7-11-24-21(30)18-28(4)22(31)10-8-12-27(2)3/h8,10,17H,5,7,11-16,18H2,1-4H3,(H,24,30)/b10-8+. The van der Waals surface area contributed by atoms with Crippen LogP contribution < -0.4 is 10.2 Å². The van der Waals surface area contributed by atoms with Crippen LogP contribution in [-0.2, 0) is 14.3 Å². The van der Waals surface area contributed by atoms with E-state index < -0.39 is 0 Å². The molecule has 0 bridgehead atoms. The van der Waals surface area contributed by atoms with Gasteiger partial charge in [-0.25, -0.2) is 9.97 Å². The molecule has 1 N–H and O–H groups in total. The van der Waals surface area contributed by atoms with E-state index in [0.29, 0.717) is 32.7 Å². The highest BCUT2D eigenvalue weighted by atomic mass is 16.5. The number of anilines is 1. The van der Waals surface area contributed by atoms with Gasteiger partial charge in [0, 0.05) is 51.9 Å². The number of nitrogens with zero attached hydrogens (tertiary/aromatic N) is 5. The van der Waals surface area contributed by atoms with Gasteiger partial charge in [-0.05, 0) is 27.4 Å². The quantitative estimate of drug-likeness (QED) is 0.337. The number of aryl methyl sites for hydroxylation is 1. The van der Waals surface area contributed by atoms with E-state index in [1.165, 1.54) is 11.0 Å². The first-order valence-electron chi connectivity index (χ1n) is 10.8. The number of nitrogens with one attached hydrogen (secondary N) is 1. The van der Waals surface area contributed by atoms with Crippen LogP contribution >= 0.6 is 0 Å². The van der Waals surface area contributed by atoms with E-state index in [4.69, 9.17) is 4.74 Å². The molecule has 1 aliphatic heterocycles. The van der Waals surface area contributed by atoms with Crippen LogP contribution in [0.2, 0.25) is 0 Å². The normalized spacial score (nSPS) is 13.7. The zero-order valence-corrected chi connectivity index (χ0v) is 19.6. The van der Waals surface area contributed by atoms with Gasteiger partial charge in [0.25, 0.3) is 0 Å². The molecule has 1 aromatic rings. The van der Waals surface area contributed by atoms with Crippen molar-refractivity contribution in [1.29, 1.82) is 0 Å². The number of hydrogen-bond acceptors (Lipinski definition) is 7. The summed E-state index contributed by atoms with van der Waals surface area (Å²) >= 11 is 0. The van der Waals surface area contributed by atoms with Crippen molar-refractivity contribution < 1.29 is 14.3 Å². The first kappa shape index (κ1) is 25.3. The lowest BCUT2D eigenvalue weighted by atomic mass is 10.2. The lowest BCUT2D eigenvalue weighted by Gasteiger charge is -2.28. The topological polar surface area (TPSA) is 90.9 Å². The minimum absolute atomic E-state index is 0.0282. The van der Waals surface area contributed by atoms with Gasteiger partial charge in [0.1, 0.15) is 11.6 Å². The van der Waals surface area contributed by atoms with Crippen molar-refractivity contribution in [3.8, 4) is 11.8 Å². The molecule has 2 heterocycles. The molecule has 0 aromatic carbocycles. The Balaban J connectivity index is 1.74. The summed E-state index contributed by atoms with van der Waals surface area (Å²) in [5.74, 6) is 7.52. The lowest BCUT2D eigenvalue weighted by Crippen LogP contribution is -2.38. The highest BCUT2D eigenvalue weighted by molar-refractivity contribution is 5.91. The van der Waals surface area contributed by atoms with E-state index in [1.807, 2.05) is 25.9 Å². The average molecular weight is 443 g/mol. The number of morpholine rings is 1. The molecule has 0 spiro atoms. The second kappa shape index (κ2) is 13.5. The highest BCUT2D eigenvalue weighted by Crippen LogP contribution is 2.17. The minimum atomic E-state index is -0.191. The summed E-state index contributed by atoms with van der Waals surface area (Å²) in [6, 6.07) is 0. The molecule has 1 aliphatic rings. The van der Waals surface area contributed by atoms with Crippen molar-refractivity contribution >= 4 is 17.6 Å². The summed E-state index contributed by atoms with van der Waals surface area (Å²) in [5, 5.41) is 2.83. The molecule has 0 radical (unpaired) electrons. The summed E-state index contributed by atoms with van der Waals surface area (Å²) in [6.07, 6.45) is 6.39. The van der Waals surface area contributed by atoms with Crippen LogP contribution in [0.4, 0.5) is 5.82 Å². The largest absolute Gasteiger partial charge is 0.378 e. The molecule has 2 amide bonds. The fourth-order valence-electron chi connectivity index (χ4n) is 2.97. The Kier molecular flexibility index (Phi) is 10.6. The predicted octanol–water partition coefficient (Wildman–Crippen LogP) is 0.446. The maximum atomic E-state index is 12.0. The Labute approximate surface area is 190 Å². The van der Waals surface area contributed by atoms with Gasteiger partial charge < -0.3 is 24.8 Å². The fraction of sp³-hybridized carbons (Fsp3) is 0.565. The van der Waals surface area contributed by atoms with Gasteiger partial charge in [-0.15, -0.1) is 0 Å². The molecule has 0 unspecified atom stereocenters. The van der Waals surface area contributed by atoms with Crippen molar-refractivity contribution in [2.45, 2.75) is 19.8 Å². The van der Waals surface area contributed by atoms with Crippen molar-refractivity contribution in [2.75, 3.05) is 72.0 Å². The second-order valence-corrected chi connectivity index (χ2v) is 7.87. The Bertz CT molecular complexity index is 853. The number of ether oxygens (including phenoxy) is 1. The molecule has 9 heteroatoms. The van der Waals surface area contributed by atoms with Crippen molar-refractivity contribution in [2.24, 2.45) is 0 Å². The summed E-state index contributed by atoms with van der Waals surface area (Å²) in [4.78, 5) is 38.4. The predicted molar refractivity (Wildman–Crippen MR) is 124 cm³/mol. The van der Waals surface area contributed by atoms with Gasteiger partial charge in [0.05, 0.1) is 25.3 Å².